The lowest BCUT2D eigenvalue weighted by atomic mass is 9.93. The normalized spacial score (nSPS) is 17.1. The predicted molar refractivity (Wildman–Crippen MR) is 66.5 cm³/mol. The summed E-state index contributed by atoms with van der Waals surface area (Å²) in [6.45, 7) is 5.80. The van der Waals surface area contributed by atoms with Crippen molar-refractivity contribution in [1.29, 1.82) is 0 Å². The van der Waals surface area contributed by atoms with Crippen LogP contribution >= 0.6 is 0 Å². The summed E-state index contributed by atoms with van der Waals surface area (Å²) >= 11 is 0. The molecule has 0 aromatic carbocycles. The lowest BCUT2D eigenvalue weighted by Crippen LogP contribution is -2.57. The Morgan fingerprint density at radius 3 is 2.50 bits per heavy atom. The number of nitrogens with zero attached hydrogens (tertiary/aromatic N) is 1. The molecule has 0 aromatic heterocycles. The molecule has 1 aliphatic rings. The third-order valence-electron chi connectivity index (χ3n) is 3.47. The van der Waals surface area contributed by atoms with Crippen molar-refractivity contribution in [1.82, 2.24) is 10.2 Å². The average Bonchev–Trinajstić information content (AvgIpc) is 2.64. The summed E-state index contributed by atoms with van der Waals surface area (Å²) in [5.74, 6) is -0.980. The molecule has 1 saturated heterocycles. The minimum Gasteiger partial charge on any atom is -0.480 e. The molecular weight excluding hydrogens is 236 g/mol. The van der Waals surface area contributed by atoms with Gasteiger partial charge in [-0.2, -0.15) is 0 Å². The van der Waals surface area contributed by atoms with E-state index in [4.69, 9.17) is 4.74 Å². The number of carboxylic acid groups (broad SMARTS) is 1. The molecule has 0 spiro atoms. The minimum atomic E-state index is -1.16. The van der Waals surface area contributed by atoms with Gasteiger partial charge in [-0.25, -0.2) is 9.59 Å². The molecular formula is C12H22N2O4. The summed E-state index contributed by atoms with van der Waals surface area (Å²) in [5.41, 5.74) is -1.16. The van der Waals surface area contributed by atoms with Crippen LogP contribution in [0.4, 0.5) is 4.79 Å². The van der Waals surface area contributed by atoms with Crippen molar-refractivity contribution in [2.24, 2.45) is 0 Å². The Bertz CT molecular complexity index is 294. The monoisotopic (exact) mass is 258 g/mol. The number of carbonyl (C=O) groups excluding carboxylic acids is 1. The van der Waals surface area contributed by atoms with Gasteiger partial charge in [0.1, 0.15) is 5.54 Å². The minimum absolute atomic E-state index is 0.313. The molecule has 2 amide bonds. The Labute approximate surface area is 107 Å². The van der Waals surface area contributed by atoms with E-state index in [1.807, 2.05) is 0 Å². The highest BCUT2D eigenvalue weighted by Gasteiger charge is 2.37. The quantitative estimate of drug-likeness (QED) is 0.790. The molecule has 0 unspecified atom stereocenters. The number of urea groups is 1. The van der Waals surface area contributed by atoms with E-state index in [2.05, 4.69) is 5.32 Å². The Hall–Kier alpha value is -1.30. The molecule has 18 heavy (non-hydrogen) atoms. The summed E-state index contributed by atoms with van der Waals surface area (Å²) in [7, 11) is 0. The standard InChI is InChI=1S/C12H22N2O4/c1-3-12(4-2,10(15)16)13-11(17)14-6-5-8-18-9-7-14/h3-9H2,1-2H3,(H,13,17)(H,15,16). The van der Waals surface area contributed by atoms with Crippen molar-refractivity contribution < 1.29 is 19.4 Å². The van der Waals surface area contributed by atoms with Gasteiger partial charge in [-0.1, -0.05) is 13.8 Å². The fourth-order valence-corrected chi connectivity index (χ4v) is 2.02. The second kappa shape index (κ2) is 6.58. The van der Waals surface area contributed by atoms with Crippen LogP contribution in [-0.4, -0.2) is 53.8 Å². The first-order valence-corrected chi connectivity index (χ1v) is 6.44. The van der Waals surface area contributed by atoms with Gasteiger partial charge in [0.15, 0.2) is 0 Å². The third kappa shape index (κ3) is 3.35. The number of aliphatic carboxylic acids is 1. The second-order valence-corrected chi connectivity index (χ2v) is 4.48. The molecule has 0 saturated carbocycles. The van der Waals surface area contributed by atoms with Gasteiger partial charge >= 0.3 is 12.0 Å². The zero-order valence-electron chi connectivity index (χ0n) is 11.1. The Morgan fingerprint density at radius 2 is 1.94 bits per heavy atom. The van der Waals surface area contributed by atoms with Crippen molar-refractivity contribution in [3.05, 3.63) is 0 Å². The van der Waals surface area contributed by atoms with Crippen LogP contribution in [0.5, 0.6) is 0 Å². The van der Waals surface area contributed by atoms with Crippen molar-refractivity contribution in [2.75, 3.05) is 26.3 Å². The zero-order valence-corrected chi connectivity index (χ0v) is 11.1. The molecule has 0 bridgehead atoms. The molecule has 1 fully saturated rings. The molecule has 0 radical (unpaired) electrons. The van der Waals surface area contributed by atoms with E-state index < -0.39 is 11.5 Å². The largest absolute Gasteiger partial charge is 0.480 e. The molecule has 0 atom stereocenters. The number of rotatable bonds is 4. The third-order valence-corrected chi connectivity index (χ3v) is 3.47. The van der Waals surface area contributed by atoms with Crippen molar-refractivity contribution in [3.63, 3.8) is 0 Å². The average molecular weight is 258 g/mol. The Morgan fingerprint density at radius 1 is 1.28 bits per heavy atom. The highest BCUT2D eigenvalue weighted by molar-refractivity contribution is 5.86. The molecule has 6 nitrogen and oxygen atoms in total. The summed E-state index contributed by atoms with van der Waals surface area (Å²) in [5, 5.41) is 11.9. The van der Waals surface area contributed by atoms with E-state index in [1.54, 1.807) is 18.7 Å². The van der Waals surface area contributed by atoms with Gasteiger partial charge in [-0.3, -0.25) is 0 Å². The SMILES string of the molecule is CCC(CC)(NC(=O)N1CCCOCC1)C(=O)O. The maximum absolute atomic E-state index is 12.1. The van der Waals surface area contributed by atoms with Gasteiger partial charge in [0, 0.05) is 19.7 Å². The van der Waals surface area contributed by atoms with Crippen molar-refractivity contribution in [3.8, 4) is 0 Å². The Balaban J connectivity index is 2.68. The van der Waals surface area contributed by atoms with E-state index >= 15 is 0 Å². The fraction of sp³-hybridized carbons (Fsp3) is 0.833. The van der Waals surface area contributed by atoms with Crippen LogP contribution in [0, 0.1) is 0 Å². The van der Waals surface area contributed by atoms with Gasteiger partial charge in [0.25, 0.3) is 0 Å². The molecule has 6 heteroatoms. The second-order valence-electron chi connectivity index (χ2n) is 4.48. The Kier molecular flexibility index (Phi) is 5.40. The van der Waals surface area contributed by atoms with Crippen LogP contribution in [0.3, 0.4) is 0 Å². The van der Waals surface area contributed by atoms with Crippen molar-refractivity contribution >= 4 is 12.0 Å². The number of carboxylic acids is 1. The van der Waals surface area contributed by atoms with Gasteiger partial charge in [0.05, 0.1) is 6.61 Å². The lowest BCUT2D eigenvalue weighted by Gasteiger charge is -2.31. The van der Waals surface area contributed by atoms with E-state index in [9.17, 15) is 14.7 Å². The number of amides is 2. The van der Waals surface area contributed by atoms with Crippen LogP contribution in [-0.2, 0) is 9.53 Å². The summed E-state index contributed by atoms with van der Waals surface area (Å²) in [4.78, 5) is 25.0. The number of ether oxygens (including phenoxy) is 1. The van der Waals surface area contributed by atoms with Crippen molar-refractivity contribution in [2.45, 2.75) is 38.6 Å². The number of nitrogens with one attached hydrogen (secondary N) is 1. The molecule has 2 N–H and O–H groups in total. The smallest absolute Gasteiger partial charge is 0.329 e. The van der Waals surface area contributed by atoms with E-state index in [0.717, 1.165) is 6.42 Å². The van der Waals surface area contributed by atoms with Gasteiger partial charge in [-0.05, 0) is 19.3 Å². The topological polar surface area (TPSA) is 78.9 Å². The number of hydrogen-bond donors (Lipinski definition) is 2. The molecule has 1 rings (SSSR count). The van der Waals surface area contributed by atoms with Crippen LogP contribution in [0.25, 0.3) is 0 Å². The number of hydrogen-bond acceptors (Lipinski definition) is 3. The number of carbonyl (C=O) groups is 2. The van der Waals surface area contributed by atoms with Gasteiger partial charge in [0.2, 0.25) is 0 Å². The molecule has 1 aliphatic heterocycles. The summed E-state index contributed by atoms with van der Waals surface area (Å²) in [6, 6.07) is -0.313. The molecule has 0 aliphatic carbocycles. The van der Waals surface area contributed by atoms with Crippen LogP contribution < -0.4 is 5.32 Å². The maximum Gasteiger partial charge on any atom is 0.329 e. The predicted octanol–water partition coefficient (Wildman–Crippen LogP) is 1.06. The first-order valence-electron chi connectivity index (χ1n) is 6.44. The van der Waals surface area contributed by atoms with Gasteiger partial charge in [-0.15, -0.1) is 0 Å². The van der Waals surface area contributed by atoms with E-state index in [-0.39, 0.29) is 6.03 Å². The van der Waals surface area contributed by atoms with Gasteiger partial charge < -0.3 is 20.1 Å². The lowest BCUT2D eigenvalue weighted by molar-refractivity contribution is -0.144. The van der Waals surface area contributed by atoms with E-state index in [0.29, 0.717) is 39.1 Å². The maximum atomic E-state index is 12.1. The van der Waals surface area contributed by atoms with Crippen LogP contribution in [0.1, 0.15) is 33.1 Å². The molecule has 1 heterocycles. The molecule has 104 valence electrons. The highest BCUT2D eigenvalue weighted by Crippen LogP contribution is 2.16. The van der Waals surface area contributed by atoms with Crippen LogP contribution in [0.15, 0.2) is 0 Å². The van der Waals surface area contributed by atoms with Crippen LogP contribution in [0.2, 0.25) is 0 Å². The first kappa shape index (κ1) is 14.8. The highest BCUT2D eigenvalue weighted by atomic mass is 16.5. The van der Waals surface area contributed by atoms with E-state index in [1.165, 1.54) is 0 Å². The zero-order chi connectivity index (χ0) is 13.6. The molecule has 0 aromatic rings. The fourth-order valence-electron chi connectivity index (χ4n) is 2.02. The first-order chi connectivity index (χ1) is 8.55. The summed E-state index contributed by atoms with van der Waals surface area (Å²) in [6.07, 6.45) is 1.52. The summed E-state index contributed by atoms with van der Waals surface area (Å²) < 4.78 is 5.27.